The van der Waals surface area contributed by atoms with E-state index in [1.165, 1.54) is 0 Å². The van der Waals surface area contributed by atoms with Gasteiger partial charge in [-0.05, 0) is 18.6 Å². The van der Waals surface area contributed by atoms with Gasteiger partial charge < -0.3 is 25.0 Å². The van der Waals surface area contributed by atoms with E-state index in [-0.39, 0.29) is 6.61 Å². The molecule has 1 atom stereocenters. The first-order valence-corrected chi connectivity index (χ1v) is 6.31. The topological polar surface area (TPSA) is 91.7 Å². The molecule has 20 heavy (non-hydrogen) atoms. The average Bonchev–Trinajstić information content (AvgIpc) is 2.77. The lowest BCUT2D eigenvalue weighted by Crippen LogP contribution is -2.41. The molecule has 106 valence electrons. The molecule has 0 bridgehead atoms. The van der Waals surface area contributed by atoms with Crippen LogP contribution < -0.4 is 20.8 Å². The fourth-order valence-electron chi connectivity index (χ4n) is 2.12. The van der Waals surface area contributed by atoms with Crippen LogP contribution in [0.3, 0.4) is 0 Å². The summed E-state index contributed by atoms with van der Waals surface area (Å²) in [7, 11) is 2.77. The molecule has 0 radical (unpaired) electrons. The van der Waals surface area contributed by atoms with E-state index in [1.54, 1.807) is 6.92 Å². The highest BCUT2D eigenvalue weighted by atomic mass is 16.5. The molecule has 0 aromatic heterocycles. The largest absolute Gasteiger partial charge is 0.494 e. The highest BCUT2D eigenvalue weighted by Gasteiger charge is 2.33. The third kappa shape index (κ3) is 2.73. The molecule has 7 heteroatoms. The molecule has 1 aromatic rings. The fraction of sp³-hybridized carbons (Fsp3) is 0.462. The second kappa shape index (κ2) is 5.33. The van der Waals surface area contributed by atoms with Gasteiger partial charge in [-0.2, -0.15) is 5.26 Å². The first-order chi connectivity index (χ1) is 9.35. The third-order valence-electron chi connectivity index (χ3n) is 3.14. The predicted molar refractivity (Wildman–Crippen MR) is 76.9 cm³/mol. The molecular weight excluding hydrogens is 257 g/mol. The normalized spacial score (nSPS) is 16.3. The second-order valence-corrected chi connectivity index (χ2v) is 5.36. The molecule has 0 fully saturated rings. The summed E-state index contributed by atoms with van der Waals surface area (Å²) in [6, 6.07) is 5.65. The van der Waals surface area contributed by atoms with E-state index < -0.39 is 12.7 Å². The predicted octanol–water partition coefficient (Wildman–Crippen LogP) is -0.410. The Hall–Kier alpha value is -1.75. The van der Waals surface area contributed by atoms with Gasteiger partial charge in [0, 0.05) is 19.6 Å². The van der Waals surface area contributed by atoms with Gasteiger partial charge in [-0.1, -0.05) is 6.07 Å². The van der Waals surface area contributed by atoms with Gasteiger partial charge in [0.15, 0.2) is 0 Å². The lowest BCUT2D eigenvalue weighted by atomic mass is 9.77. The maximum atomic E-state index is 9.93. The van der Waals surface area contributed by atoms with Gasteiger partial charge in [0.05, 0.1) is 18.4 Å². The maximum absolute atomic E-state index is 9.93. The van der Waals surface area contributed by atoms with Crippen molar-refractivity contribution < 1.29 is 14.4 Å². The van der Waals surface area contributed by atoms with Crippen LogP contribution >= 0.6 is 0 Å². The molecule has 1 aliphatic rings. The Kier molecular flexibility index (Phi) is 3.90. The molecule has 0 amide bonds. The van der Waals surface area contributed by atoms with Crippen molar-refractivity contribution in [3.63, 3.8) is 0 Å². The summed E-state index contributed by atoms with van der Waals surface area (Å²) in [4.78, 5) is 1.85. The number of rotatable bonds is 4. The summed E-state index contributed by atoms with van der Waals surface area (Å²) in [5.41, 5.74) is 7.10. The first-order valence-electron chi connectivity index (χ1n) is 6.31. The molecule has 0 unspecified atom stereocenters. The van der Waals surface area contributed by atoms with Crippen molar-refractivity contribution in [3.05, 3.63) is 17.7 Å². The van der Waals surface area contributed by atoms with Crippen LogP contribution in [0.2, 0.25) is 0 Å². The zero-order valence-corrected chi connectivity index (χ0v) is 11.9. The zero-order chi connectivity index (χ0) is 14.9. The zero-order valence-electron chi connectivity index (χ0n) is 11.9. The van der Waals surface area contributed by atoms with Gasteiger partial charge in [0.2, 0.25) is 0 Å². The van der Waals surface area contributed by atoms with Crippen molar-refractivity contribution in [1.29, 1.82) is 5.26 Å². The fourth-order valence-corrected chi connectivity index (χ4v) is 2.12. The lowest BCUT2D eigenvalue weighted by Gasteiger charge is -2.23. The van der Waals surface area contributed by atoms with Crippen molar-refractivity contribution in [2.24, 2.45) is 5.73 Å². The monoisotopic (exact) mass is 275 g/mol. The Morgan fingerprint density at radius 3 is 2.90 bits per heavy atom. The number of nitrogens with two attached hydrogens (primary N) is 1. The smallest absolute Gasteiger partial charge is 0.488 e. The van der Waals surface area contributed by atoms with Gasteiger partial charge in [-0.25, -0.2) is 0 Å². The molecule has 6 nitrogen and oxygen atoms in total. The van der Waals surface area contributed by atoms with Crippen molar-refractivity contribution in [2.45, 2.75) is 19.1 Å². The number of hydrogen-bond donors (Lipinski definition) is 2. The molecular formula is C13H18BN3O3. The molecule has 1 aromatic carbocycles. The van der Waals surface area contributed by atoms with Crippen LogP contribution in [-0.2, 0) is 11.3 Å². The molecule has 1 aliphatic heterocycles. The van der Waals surface area contributed by atoms with Crippen LogP contribution in [0.5, 0.6) is 5.75 Å². The van der Waals surface area contributed by atoms with Gasteiger partial charge in [-0.15, -0.1) is 0 Å². The SMILES string of the molecule is CN(C)c1c(OC[C@@](C)(N)C#N)ccc2c1B(O)OC2. The molecule has 1 heterocycles. The molecule has 0 saturated carbocycles. The Balaban J connectivity index is 2.35. The van der Waals surface area contributed by atoms with E-state index in [1.807, 2.05) is 37.2 Å². The minimum absolute atomic E-state index is 0.0695. The molecule has 0 spiro atoms. The van der Waals surface area contributed by atoms with Crippen molar-refractivity contribution in [1.82, 2.24) is 0 Å². The standard InChI is InChI=1S/C13H18BN3O3/c1-13(16,7-15)8-19-10-5-4-9-6-20-14(18)11(9)12(10)17(2)3/h4-5,18H,6,8,16H2,1-3H3/t13-/m0/s1. The summed E-state index contributed by atoms with van der Waals surface area (Å²) in [6.45, 7) is 2.05. The highest BCUT2D eigenvalue weighted by molar-refractivity contribution is 6.63. The van der Waals surface area contributed by atoms with Crippen LogP contribution in [0, 0.1) is 11.3 Å². The summed E-state index contributed by atoms with van der Waals surface area (Å²) in [5.74, 6) is 0.574. The number of anilines is 1. The number of ether oxygens (including phenoxy) is 1. The quantitative estimate of drug-likeness (QED) is 0.726. The van der Waals surface area contributed by atoms with Crippen LogP contribution in [0.15, 0.2) is 12.1 Å². The van der Waals surface area contributed by atoms with Gasteiger partial charge >= 0.3 is 7.12 Å². The first kappa shape index (κ1) is 14.7. The van der Waals surface area contributed by atoms with E-state index in [0.29, 0.717) is 17.8 Å². The molecule has 2 rings (SSSR count). The summed E-state index contributed by atoms with van der Waals surface area (Å²) < 4.78 is 10.9. The molecule has 0 aliphatic carbocycles. The van der Waals surface area contributed by atoms with Gasteiger partial charge in [0.25, 0.3) is 0 Å². The Morgan fingerprint density at radius 1 is 1.60 bits per heavy atom. The Bertz CT molecular complexity index is 555. The average molecular weight is 275 g/mol. The van der Waals surface area contributed by atoms with Crippen molar-refractivity contribution >= 4 is 18.3 Å². The van der Waals surface area contributed by atoms with E-state index in [9.17, 15) is 5.02 Å². The van der Waals surface area contributed by atoms with Crippen molar-refractivity contribution in [3.8, 4) is 11.8 Å². The highest BCUT2D eigenvalue weighted by Crippen LogP contribution is 2.30. The minimum atomic E-state index is -1.06. The van der Waals surface area contributed by atoms with Crippen molar-refractivity contribution in [2.75, 3.05) is 25.6 Å². The van der Waals surface area contributed by atoms with Crippen LogP contribution in [0.25, 0.3) is 0 Å². The Morgan fingerprint density at radius 2 is 2.30 bits per heavy atom. The number of hydrogen-bond acceptors (Lipinski definition) is 6. The van der Waals surface area contributed by atoms with Crippen LogP contribution in [-0.4, -0.2) is 38.4 Å². The van der Waals surface area contributed by atoms with E-state index >= 15 is 0 Å². The van der Waals surface area contributed by atoms with E-state index in [2.05, 4.69) is 0 Å². The number of benzene rings is 1. The van der Waals surface area contributed by atoms with Gasteiger partial charge in [-0.3, -0.25) is 0 Å². The summed E-state index contributed by atoms with van der Waals surface area (Å²) in [5, 5.41) is 18.9. The third-order valence-corrected chi connectivity index (χ3v) is 3.14. The summed E-state index contributed by atoms with van der Waals surface area (Å²) >= 11 is 0. The van der Waals surface area contributed by atoms with E-state index in [4.69, 9.17) is 20.4 Å². The second-order valence-electron chi connectivity index (χ2n) is 5.36. The number of nitriles is 1. The minimum Gasteiger partial charge on any atom is -0.488 e. The number of fused-ring (bicyclic) bond motifs is 1. The Labute approximate surface area is 118 Å². The van der Waals surface area contributed by atoms with E-state index in [0.717, 1.165) is 11.3 Å². The number of nitrogens with zero attached hydrogens (tertiary/aromatic N) is 2. The van der Waals surface area contributed by atoms with Crippen LogP contribution in [0.4, 0.5) is 5.69 Å². The molecule has 3 N–H and O–H groups in total. The van der Waals surface area contributed by atoms with Crippen LogP contribution in [0.1, 0.15) is 12.5 Å². The maximum Gasteiger partial charge on any atom is 0.494 e. The lowest BCUT2D eigenvalue weighted by molar-refractivity contribution is 0.265. The van der Waals surface area contributed by atoms with Gasteiger partial charge in [0.1, 0.15) is 17.9 Å². The summed E-state index contributed by atoms with van der Waals surface area (Å²) in [6.07, 6.45) is 0. The molecule has 0 saturated heterocycles.